The smallest absolute Gasteiger partial charge is 0.159 e. The van der Waals surface area contributed by atoms with Gasteiger partial charge in [-0.1, -0.05) is 32.9 Å². The fourth-order valence-electron chi connectivity index (χ4n) is 1.65. The molecule has 0 N–H and O–H groups in total. The molecule has 0 amide bonds. The summed E-state index contributed by atoms with van der Waals surface area (Å²) in [5.41, 5.74) is 2.32. The van der Waals surface area contributed by atoms with Crippen molar-refractivity contribution in [2.75, 3.05) is 0 Å². The molecule has 0 bridgehead atoms. The third-order valence-electron chi connectivity index (χ3n) is 2.38. The van der Waals surface area contributed by atoms with Crippen molar-refractivity contribution < 1.29 is 4.79 Å². The van der Waals surface area contributed by atoms with Crippen LogP contribution in [0, 0.1) is 5.92 Å². The first-order chi connectivity index (χ1) is 6.15. The van der Waals surface area contributed by atoms with Gasteiger partial charge in [0.2, 0.25) is 0 Å². The Morgan fingerprint density at radius 1 is 1.38 bits per heavy atom. The average molecular weight is 178 g/mol. The first-order valence-corrected chi connectivity index (χ1v) is 5.08. The van der Waals surface area contributed by atoms with Gasteiger partial charge in [-0.25, -0.2) is 0 Å². The highest BCUT2D eigenvalue weighted by Crippen LogP contribution is 2.26. The van der Waals surface area contributed by atoms with Crippen molar-refractivity contribution in [3.05, 3.63) is 23.3 Å². The maximum Gasteiger partial charge on any atom is 0.159 e. The zero-order chi connectivity index (χ0) is 9.84. The summed E-state index contributed by atoms with van der Waals surface area (Å²) < 4.78 is 0. The maximum absolute atomic E-state index is 11.4. The van der Waals surface area contributed by atoms with Gasteiger partial charge >= 0.3 is 0 Å². The van der Waals surface area contributed by atoms with Gasteiger partial charge in [-0.3, -0.25) is 4.79 Å². The van der Waals surface area contributed by atoms with E-state index in [1.807, 2.05) is 0 Å². The Labute approximate surface area is 80.5 Å². The topological polar surface area (TPSA) is 17.1 Å². The molecular weight excluding hydrogens is 160 g/mol. The van der Waals surface area contributed by atoms with E-state index in [-0.39, 0.29) is 0 Å². The third kappa shape index (κ3) is 2.55. The van der Waals surface area contributed by atoms with E-state index in [0.717, 1.165) is 24.8 Å². The summed E-state index contributed by atoms with van der Waals surface area (Å²) in [5.74, 6) is 0.923. The average Bonchev–Trinajstić information content (AvgIpc) is 2.42. The van der Waals surface area contributed by atoms with Crippen molar-refractivity contribution in [1.29, 1.82) is 0 Å². The van der Waals surface area contributed by atoms with Crippen LogP contribution in [0.3, 0.4) is 0 Å². The summed E-state index contributed by atoms with van der Waals surface area (Å²) in [6, 6.07) is 0. The van der Waals surface area contributed by atoms with Crippen LogP contribution in [0.1, 0.15) is 40.0 Å². The van der Waals surface area contributed by atoms with Gasteiger partial charge in [-0.05, 0) is 29.9 Å². The molecule has 0 spiro atoms. The van der Waals surface area contributed by atoms with E-state index in [4.69, 9.17) is 0 Å². The predicted molar refractivity (Wildman–Crippen MR) is 55.5 cm³/mol. The van der Waals surface area contributed by atoms with E-state index in [1.165, 1.54) is 5.57 Å². The lowest BCUT2D eigenvalue weighted by Crippen LogP contribution is -1.93. The Bertz CT molecular complexity index is 256. The van der Waals surface area contributed by atoms with Gasteiger partial charge in [-0.2, -0.15) is 0 Å². The minimum atomic E-state index is 0.353. The maximum atomic E-state index is 11.4. The van der Waals surface area contributed by atoms with Crippen LogP contribution in [0.4, 0.5) is 0 Å². The molecule has 0 radical (unpaired) electrons. The number of ketones is 1. The highest BCUT2D eigenvalue weighted by atomic mass is 16.1. The number of hydrogen-bond acceptors (Lipinski definition) is 1. The van der Waals surface area contributed by atoms with Crippen molar-refractivity contribution in [1.82, 2.24) is 0 Å². The van der Waals surface area contributed by atoms with E-state index >= 15 is 0 Å². The number of hydrogen-bond donors (Lipinski definition) is 0. The van der Waals surface area contributed by atoms with Crippen LogP contribution in [-0.4, -0.2) is 5.78 Å². The second kappa shape index (κ2) is 4.40. The molecule has 0 fully saturated rings. The number of carbonyl (C=O) groups is 1. The van der Waals surface area contributed by atoms with Crippen molar-refractivity contribution in [3.8, 4) is 0 Å². The molecule has 1 nitrogen and oxygen atoms in total. The van der Waals surface area contributed by atoms with Gasteiger partial charge in [-0.15, -0.1) is 0 Å². The molecule has 13 heavy (non-hydrogen) atoms. The molecule has 0 aromatic rings. The minimum Gasteiger partial charge on any atom is -0.295 e. The molecule has 1 aliphatic rings. The van der Waals surface area contributed by atoms with E-state index in [1.54, 1.807) is 0 Å². The van der Waals surface area contributed by atoms with Crippen molar-refractivity contribution in [3.63, 3.8) is 0 Å². The number of rotatable bonds is 3. The largest absolute Gasteiger partial charge is 0.295 e. The lowest BCUT2D eigenvalue weighted by atomic mass is 10.1. The molecule has 0 atom stereocenters. The van der Waals surface area contributed by atoms with Crippen LogP contribution in [0.5, 0.6) is 0 Å². The second-order valence-corrected chi connectivity index (χ2v) is 3.88. The zero-order valence-corrected chi connectivity index (χ0v) is 8.76. The number of Topliss-reactive ketones (excluding diaryl/α,β-unsaturated/α-hetero) is 1. The molecule has 0 saturated carbocycles. The normalized spacial score (nSPS) is 18.3. The number of carbonyl (C=O) groups excluding carboxylic acids is 1. The number of allylic oxidation sites excluding steroid dienone is 4. The van der Waals surface area contributed by atoms with E-state index < -0.39 is 0 Å². The third-order valence-corrected chi connectivity index (χ3v) is 2.38. The molecule has 0 aliphatic heterocycles. The Kier molecular flexibility index (Phi) is 3.47. The van der Waals surface area contributed by atoms with Gasteiger partial charge in [0.1, 0.15) is 0 Å². The summed E-state index contributed by atoms with van der Waals surface area (Å²) >= 11 is 0. The first-order valence-electron chi connectivity index (χ1n) is 5.08. The molecule has 0 aromatic carbocycles. The van der Waals surface area contributed by atoms with Crippen molar-refractivity contribution >= 4 is 5.78 Å². The van der Waals surface area contributed by atoms with Crippen LogP contribution < -0.4 is 0 Å². The van der Waals surface area contributed by atoms with Crippen LogP contribution in [0.25, 0.3) is 0 Å². The van der Waals surface area contributed by atoms with E-state index in [0.29, 0.717) is 11.7 Å². The molecule has 1 rings (SSSR count). The molecule has 0 aromatic heterocycles. The molecule has 0 unspecified atom stereocenters. The summed E-state index contributed by atoms with van der Waals surface area (Å²) in [7, 11) is 0. The fraction of sp³-hybridized carbons (Fsp3) is 0.583. The molecular formula is C12H18O. The molecule has 1 heteroatoms. The molecule has 0 heterocycles. The van der Waals surface area contributed by atoms with Crippen LogP contribution >= 0.6 is 0 Å². The monoisotopic (exact) mass is 178 g/mol. The van der Waals surface area contributed by atoms with Crippen LogP contribution in [-0.2, 0) is 4.79 Å². The molecule has 0 saturated heterocycles. The Balaban J connectivity index is 2.77. The summed E-state index contributed by atoms with van der Waals surface area (Å²) in [5, 5.41) is 0. The summed E-state index contributed by atoms with van der Waals surface area (Å²) in [6.45, 7) is 6.36. The van der Waals surface area contributed by atoms with E-state index in [9.17, 15) is 4.79 Å². The Hall–Kier alpha value is -0.850. The van der Waals surface area contributed by atoms with Gasteiger partial charge in [0.05, 0.1) is 0 Å². The van der Waals surface area contributed by atoms with Gasteiger partial charge in [0, 0.05) is 6.42 Å². The molecule has 72 valence electrons. The summed E-state index contributed by atoms with van der Waals surface area (Å²) in [4.78, 5) is 11.4. The van der Waals surface area contributed by atoms with Crippen LogP contribution in [0.15, 0.2) is 23.3 Å². The minimum absolute atomic E-state index is 0.353. The first kappa shape index (κ1) is 10.2. The standard InChI is InChI=1S/C12H18O/c1-4-11-10(6-5-9(2)3)7-8-12(11)13/h5-6,9H,4,7-8H2,1-3H3/b6-5+. The molecule has 1 aliphatic carbocycles. The highest BCUT2D eigenvalue weighted by molar-refractivity contribution is 5.99. The lowest BCUT2D eigenvalue weighted by molar-refractivity contribution is -0.115. The SMILES string of the molecule is CCC1=C(/C=C/C(C)C)CCC1=O. The fourth-order valence-corrected chi connectivity index (χ4v) is 1.65. The van der Waals surface area contributed by atoms with E-state index in [2.05, 4.69) is 32.9 Å². The summed E-state index contributed by atoms with van der Waals surface area (Å²) in [6.07, 6.45) is 6.86. The lowest BCUT2D eigenvalue weighted by Gasteiger charge is -1.98. The Morgan fingerprint density at radius 2 is 2.08 bits per heavy atom. The van der Waals surface area contributed by atoms with Gasteiger partial charge in [0.25, 0.3) is 0 Å². The van der Waals surface area contributed by atoms with Crippen LogP contribution in [0.2, 0.25) is 0 Å². The van der Waals surface area contributed by atoms with Crippen molar-refractivity contribution in [2.45, 2.75) is 40.0 Å². The second-order valence-electron chi connectivity index (χ2n) is 3.88. The Morgan fingerprint density at radius 3 is 2.62 bits per heavy atom. The quantitative estimate of drug-likeness (QED) is 0.648. The highest BCUT2D eigenvalue weighted by Gasteiger charge is 2.18. The van der Waals surface area contributed by atoms with Crippen molar-refractivity contribution in [2.24, 2.45) is 5.92 Å². The predicted octanol–water partition coefficient (Wildman–Crippen LogP) is 3.27. The van der Waals surface area contributed by atoms with Gasteiger partial charge in [0.15, 0.2) is 5.78 Å². The van der Waals surface area contributed by atoms with Gasteiger partial charge < -0.3 is 0 Å². The zero-order valence-electron chi connectivity index (χ0n) is 8.76.